The van der Waals surface area contributed by atoms with Crippen molar-refractivity contribution in [1.29, 1.82) is 0 Å². The number of aromatic nitrogens is 2. The summed E-state index contributed by atoms with van der Waals surface area (Å²) in [4.78, 5) is 8.46. The molecule has 0 unspecified atom stereocenters. The highest BCUT2D eigenvalue weighted by molar-refractivity contribution is 7.99. The zero-order chi connectivity index (χ0) is 11.1. The van der Waals surface area contributed by atoms with E-state index < -0.39 is 0 Å². The van der Waals surface area contributed by atoms with Crippen LogP contribution in [-0.4, -0.2) is 22.8 Å². The summed E-state index contributed by atoms with van der Waals surface area (Å²) >= 11 is 1.83. The second kappa shape index (κ2) is 6.67. The molecule has 1 N–H and O–H groups in total. The van der Waals surface area contributed by atoms with Gasteiger partial charge in [-0.2, -0.15) is 0 Å². The SMILES string of the molecule is CCCCCSc1ncnc(NC)c1C. The van der Waals surface area contributed by atoms with Crippen molar-refractivity contribution in [3.63, 3.8) is 0 Å². The highest BCUT2D eigenvalue weighted by atomic mass is 32.2. The third kappa shape index (κ3) is 3.70. The highest BCUT2D eigenvalue weighted by Crippen LogP contribution is 2.24. The van der Waals surface area contributed by atoms with E-state index in [-0.39, 0.29) is 0 Å². The Morgan fingerprint density at radius 1 is 1.33 bits per heavy atom. The normalized spacial score (nSPS) is 10.3. The maximum absolute atomic E-state index is 4.30. The summed E-state index contributed by atoms with van der Waals surface area (Å²) in [5.74, 6) is 2.08. The minimum atomic E-state index is 0.933. The minimum absolute atomic E-state index is 0.933. The molecule has 3 nitrogen and oxygen atoms in total. The van der Waals surface area contributed by atoms with Gasteiger partial charge in [0.1, 0.15) is 17.2 Å². The Labute approximate surface area is 96.1 Å². The first-order valence-electron chi connectivity index (χ1n) is 5.41. The molecule has 1 rings (SSSR count). The minimum Gasteiger partial charge on any atom is -0.373 e. The Bertz CT molecular complexity index is 302. The average molecular weight is 225 g/mol. The van der Waals surface area contributed by atoms with Gasteiger partial charge in [0.25, 0.3) is 0 Å². The first-order chi connectivity index (χ1) is 7.29. The number of nitrogens with zero attached hydrogens (tertiary/aromatic N) is 2. The van der Waals surface area contributed by atoms with E-state index in [4.69, 9.17) is 0 Å². The lowest BCUT2D eigenvalue weighted by molar-refractivity contribution is 0.778. The summed E-state index contributed by atoms with van der Waals surface area (Å²) in [6.45, 7) is 4.29. The summed E-state index contributed by atoms with van der Waals surface area (Å²) in [6, 6.07) is 0. The molecule has 0 aliphatic carbocycles. The molecule has 1 aromatic heterocycles. The van der Waals surface area contributed by atoms with Gasteiger partial charge in [-0.1, -0.05) is 19.8 Å². The number of unbranched alkanes of at least 4 members (excludes halogenated alkanes) is 2. The van der Waals surface area contributed by atoms with Crippen molar-refractivity contribution in [2.75, 3.05) is 18.1 Å². The molecule has 0 atom stereocenters. The fraction of sp³-hybridized carbons (Fsp3) is 0.636. The number of thioether (sulfide) groups is 1. The lowest BCUT2D eigenvalue weighted by Gasteiger charge is -2.07. The predicted octanol–water partition coefficient (Wildman–Crippen LogP) is 3.11. The van der Waals surface area contributed by atoms with Crippen LogP contribution in [0, 0.1) is 6.92 Å². The smallest absolute Gasteiger partial charge is 0.133 e. The molecule has 4 heteroatoms. The van der Waals surface area contributed by atoms with Crippen LogP contribution in [-0.2, 0) is 0 Å². The molecular formula is C11H19N3S. The van der Waals surface area contributed by atoms with Crippen molar-refractivity contribution in [1.82, 2.24) is 9.97 Å². The van der Waals surface area contributed by atoms with Crippen LogP contribution in [0.5, 0.6) is 0 Å². The van der Waals surface area contributed by atoms with E-state index in [2.05, 4.69) is 29.1 Å². The fourth-order valence-corrected chi connectivity index (χ4v) is 2.33. The van der Waals surface area contributed by atoms with Gasteiger partial charge in [0, 0.05) is 12.6 Å². The Balaban J connectivity index is 2.53. The third-order valence-electron chi connectivity index (χ3n) is 2.26. The van der Waals surface area contributed by atoms with Crippen molar-refractivity contribution in [3.05, 3.63) is 11.9 Å². The van der Waals surface area contributed by atoms with Gasteiger partial charge >= 0.3 is 0 Å². The van der Waals surface area contributed by atoms with Crippen LogP contribution < -0.4 is 5.32 Å². The molecular weight excluding hydrogens is 206 g/mol. The summed E-state index contributed by atoms with van der Waals surface area (Å²) in [5.41, 5.74) is 1.15. The molecule has 1 heterocycles. The Hall–Kier alpha value is -0.770. The Morgan fingerprint density at radius 3 is 2.80 bits per heavy atom. The molecule has 0 radical (unpaired) electrons. The lowest BCUT2D eigenvalue weighted by Crippen LogP contribution is -1.98. The van der Waals surface area contributed by atoms with Crippen molar-refractivity contribution >= 4 is 17.6 Å². The summed E-state index contributed by atoms with van der Waals surface area (Å²) in [7, 11) is 1.89. The molecule has 0 aliphatic rings. The van der Waals surface area contributed by atoms with Crippen LogP contribution in [0.2, 0.25) is 0 Å². The van der Waals surface area contributed by atoms with Crippen LogP contribution in [0.4, 0.5) is 5.82 Å². The van der Waals surface area contributed by atoms with E-state index >= 15 is 0 Å². The van der Waals surface area contributed by atoms with Crippen molar-refractivity contribution in [3.8, 4) is 0 Å². The monoisotopic (exact) mass is 225 g/mol. The van der Waals surface area contributed by atoms with E-state index in [0.717, 1.165) is 22.2 Å². The molecule has 15 heavy (non-hydrogen) atoms. The second-order valence-electron chi connectivity index (χ2n) is 3.46. The maximum Gasteiger partial charge on any atom is 0.133 e. The van der Waals surface area contributed by atoms with E-state index in [1.54, 1.807) is 6.33 Å². The summed E-state index contributed by atoms with van der Waals surface area (Å²) in [6.07, 6.45) is 5.46. The molecule has 0 fully saturated rings. The van der Waals surface area contributed by atoms with Gasteiger partial charge in [0.2, 0.25) is 0 Å². The number of hydrogen-bond donors (Lipinski definition) is 1. The first-order valence-corrected chi connectivity index (χ1v) is 6.40. The van der Waals surface area contributed by atoms with Gasteiger partial charge < -0.3 is 5.32 Å². The van der Waals surface area contributed by atoms with Crippen LogP contribution in [0.15, 0.2) is 11.4 Å². The van der Waals surface area contributed by atoms with E-state index in [9.17, 15) is 0 Å². The Kier molecular flexibility index (Phi) is 5.47. The van der Waals surface area contributed by atoms with E-state index in [1.165, 1.54) is 19.3 Å². The van der Waals surface area contributed by atoms with Crippen LogP contribution in [0.1, 0.15) is 31.7 Å². The number of hydrogen-bond acceptors (Lipinski definition) is 4. The first kappa shape index (κ1) is 12.3. The third-order valence-corrected chi connectivity index (χ3v) is 3.44. The van der Waals surface area contributed by atoms with Gasteiger partial charge in [-0.3, -0.25) is 0 Å². The number of nitrogens with one attached hydrogen (secondary N) is 1. The highest BCUT2D eigenvalue weighted by Gasteiger charge is 2.05. The largest absolute Gasteiger partial charge is 0.373 e. The number of anilines is 1. The van der Waals surface area contributed by atoms with Gasteiger partial charge in [-0.15, -0.1) is 11.8 Å². The van der Waals surface area contributed by atoms with E-state index in [0.29, 0.717) is 0 Å². The standard InChI is InChI=1S/C11H19N3S/c1-4-5-6-7-15-11-9(2)10(12-3)13-8-14-11/h8H,4-7H2,1-3H3,(H,12,13,14). The second-order valence-corrected chi connectivity index (χ2v) is 4.54. The maximum atomic E-state index is 4.30. The topological polar surface area (TPSA) is 37.8 Å². The zero-order valence-corrected chi connectivity index (χ0v) is 10.5. The lowest BCUT2D eigenvalue weighted by atomic mass is 10.3. The average Bonchev–Trinajstić information content (AvgIpc) is 2.26. The van der Waals surface area contributed by atoms with Crippen LogP contribution in [0.25, 0.3) is 0 Å². The van der Waals surface area contributed by atoms with Crippen LogP contribution >= 0.6 is 11.8 Å². The van der Waals surface area contributed by atoms with Gasteiger partial charge in [0.05, 0.1) is 0 Å². The predicted molar refractivity (Wildman–Crippen MR) is 66.6 cm³/mol. The summed E-state index contributed by atoms with van der Waals surface area (Å²) < 4.78 is 0. The Morgan fingerprint density at radius 2 is 2.13 bits per heavy atom. The van der Waals surface area contributed by atoms with Crippen LogP contribution in [0.3, 0.4) is 0 Å². The fourth-order valence-electron chi connectivity index (χ4n) is 1.35. The molecule has 0 amide bonds. The van der Waals surface area contributed by atoms with Crippen molar-refractivity contribution < 1.29 is 0 Å². The molecule has 1 aromatic rings. The zero-order valence-electron chi connectivity index (χ0n) is 9.71. The summed E-state index contributed by atoms with van der Waals surface area (Å²) in [5, 5.41) is 4.18. The molecule has 0 aromatic carbocycles. The molecule has 84 valence electrons. The van der Waals surface area contributed by atoms with Gasteiger partial charge in [0.15, 0.2) is 0 Å². The molecule has 0 bridgehead atoms. The van der Waals surface area contributed by atoms with Gasteiger partial charge in [-0.05, 0) is 19.1 Å². The molecule has 0 saturated carbocycles. The van der Waals surface area contributed by atoms with Gasteiger partial charge in [-0.25, -0.2) is 9.97 Å². The van der Waals surface area contributed by atoms with Crippen molar-refractivity contribution in [2.45, 2.75) is 38.1 Å². The molecule has 0 aliphatic heterocycles. The molecule has 0 saturated heterocycles. The quantitative estimate of drug-likeness (QED) is 0.458. The van der Waals surface area contributed by atoms with Crippen molar-refractivity contribution in [2.24, 2.45) is 0 Å². The number of rotatable bonds is 6. The molecule has 0 spiro atoms. The van der Waals surface area contributed by atoms with E-state index in [1.807, 2.05) is 18.8 Å².